The van der Waals surface area contributed by atoms with E-state index < -0.39 is 0 Å². The quantitative estimate of drug-likeness (QED) is 0.563. The Morgan fingerprint density at radius 1 is 0.958 bits per heavy atom. The predicted molar refractivity (Wildman–Crippen MR) is 98.5 cm³/mol. The van der Waals surface area contributed by atoms with Gasteiger partial charge in [0.15, 0.2) is 0 Å². The molecule has 0 bridgehead atoms. The van der Waals surface area contributed by atoms with E-state index in [9.17, 15) is 5.11 Å². The van der Waals surface area contributed by atoms with Crippen LogP contribution in [0, 0.1) is 40.4 Å². The van der Waals surface area contributed by atoms with Gasteiger partial charge in [-0.15, -0.1) is 0 Å². The second-order valence-electron chi connectivity index (χ2n) is 10.5. The van der Waals surface area contributed by atoms with Crippen LogP contribution < -0.4 is 0 Å². The van der Waals surface area contributed by atoms with E-state index in [-0.39, 0.29) is 6.10 Å². The van der Waals surface area contributed by atoms with Crippen molar-refractivity contribution in [3.63, 3.8) is 0 Å². The molecule has 1 heteroatoms. The van der Waals surface area contributed by atoms with Crippen molar-refractivity contribution in [3.05, 3.63) is 12.2 Å². The van der Waals surface area contributed by atoms with E-state index in [1.165, 1.54) is 64.2 Å². The molecule has 5 aliphatic rings. The highest BCUT2D eigenvalue weighted by Crippen LogP contribution is 2.70. The molecule has 0 radical (unpaired) electrons. The standard InChI is InChI=1S/C23H36O/c1-15-4-3-11-23-13-10-20-18(21(23)8-7-19(15)23)6-5-16-14-17(24)9-12-22(16,20)2/h16-21,24H,1,3-14H2,2H3/t16-,17+,18+,19+,20-,21-,22-,23-/m0/s1. The number of aliphatic hydroxyl groups excluding tert-OH is 1. The van der Waals surface area contributed by atoms with Crippen LogP contribution in [0.2, 0.25) is 0 Å². The average Bonchev–Trinajstić information content (AvgIpc) is 2.96. The first-order valence-electron chi connectivity index (χ1n) is 10.9. The molecule has 5 rings (SSSR count). The number of rotatable bonds is 0. The lowest BCUT2D eigenvalue weighted by molar-refractivity contribution is -0.132. The zero-order chi connectivity index (χ0) is 16.5. The van der Waals surface area contributed by atoms with Gasteiger partial charge in [0.25, 0.3) is 0 Å². The topological polar surface area (TPSA) is 20.2 Å². The largest absolute Gasteiger partial charge is 0.393 e. The van der Waals surface area contributed by atoms with Crippen LogP contribution >= 0.6 is 0 Å². The molecule has 0 aromatic rings. The number of allylic oxidation sites excluding steroid dienone is 1. The Labute approximate surface area is 148 Å². The lowest BCUT2D eigenvalue weighted by Crippen LogP contribution is -2.54. The summed E-state index contributed by atoms with van der Waals surface area (Å²) in [5, 5.41) is 10.2. The van der Waals surface area contributed by atoms with E-state index in [2.05, 4.69) is 13.5 Å². The summed E-state index contributed by atoms with van der Waals surface area (Å²) in [7, 11) is 0. The second kappa shape index (κ2) is 5.35. The van der Waals surface area contributed by atoms with Crippen molar-refractivity contribution in [1.29, 1.82) is 0 Å². The number of fused-ring (bicyclic) bond motifs is 4. The highest BCUT2D eigenvalue weighted by atomic mass is 16.3. The molecule has 0 saturated heterocycles. The monoisotopic (exact) mass is 328 g/mol. The van der Waals surface area contributed by atoms with Gasteiger partial charge < -0.3 is 5.11 Å². The minimum absolute atomic E-state index is 0.00733. The number of aliphatic hydroxyl groups is 1. The van der Waals surface area contributed by atoms with Gasteiger partial charge in [-0.3, -0.25) is 0 Å². The van der Waals surface area contributed by atoms with Crippen LogP contribution in [-0.4, -0.2) is 11.2 Å². The summed E-state index contributed by atoms with van der Waals surface area (Å²) >= 11 is 0. The maximum absolute atomic E-state index is 10.2. The van der Waals surface area contributed by atoms with Crippen LogP contribution in [0.15, 0.2) is 12.2 Å². The van der Waals surface area contributed by atoms with E-state index in [0.29, 0.717) is 10.8 Å². The second-order valence-corrected chi connectivity index (χ2v) is 10.5. The van der Waals surface area contributed by atoms with Crippen molar-refractivity contribution in [1.82, 2.24) is 0 Å². The summed E-state index contributed by atoms with van der Waals surface area (Å²) < 4.78 is 0. The van der Waals surface area contributed by atoms with Gasteiger partial charge in [0.2, 0.25) is 0 Å². The van der Waals surface area contributed by atoms with Crippen molar-refractivity contribution < 1.29 is 5.11 Å². The van der Waals surface area contributed by atoms with E-state index >= 15 is 0 Å². The Bertz CT molecular complexity index is 538. The summed E-state index contributed by atoms with van der Waals surface area (Å²) in [6, 6.07) is 0. The molecule has 8 atom stereocenters. The molecule has 0 amide bonds. The van der Waals surface area contributed by atoms with E-state index in [1.807, 2.05) is 0 Å². The Morgan fingerprint density at radius 2 is 1.83 bits per heavy atom. The van der Waals surface area contributed by atoms with E-state index in [4.69, 9.17) is 0 Å². The first-order chi connectivity index (χ1) is 11.5. The normalized spacial score (nSPS) is 56.8. The van der Waals surface area contributed by atoms with Crippen LogP contribution in [-0.2, 0) is 0 Å². The Balaban J connectivity index is 1.46. The van der Waals surface area contributed by atoms with Gasteiger partial charge in [0.05, 0.1) is 6.10 Å². The Morgan fingerprint density at radius 3 is 2.71 bits per heavy atom. The fraction of sp³-hybridized carbons (Fsp3) is 0.913. The highest BCUT2D eigenvalue weighted by Gasteiger charge is 2.62. The molecular weight excluding hydrogens is 292 g/mol. The zero-order valence-electron chi connectivity index (χ0n) is 15.6. The van der Waals surface area contributed by atoms with E-state index in [0.717, 1.165) is 42.4 Å². The fourth-order valence-corrected chi connectivity index (χ4v) is 8.96. The molecule has 5 fully saturated rings. The smallest absolute Gasteiger partial charge is 0.0543 e. The lowest BCUT2D eigenvalue weighted by Gasteiger charge is -2.62. The van der Waals surface area contributed by atoms with Crippen LogP contribution in [0.3, 0.4) is 0 Å². The number of hydrogen-bond acceptors (Lipinski definition) is 1. The Kier molecular flexibility index (Phi) is 3.55. The summed E-state index contributed by atoms with van der Waals surface area (Å²) in [4.78, 5) is 0. The number of hydrogen-bond donors (Lipinski definition) is 1. The summed E-state index contributed by atoms with van der Waals surface area (Å²) in [5.41, 5.74) is 2.81. The lowest BCUT2D eigenvalue weighted by atomic mass is 9.43. The molecule has 5 aliphatic carbocycles. The molecule has 0 heterocycles. The van der Waals surface area contributed by atoms with Crippen LogP contribution in [0.4, 0.5) is 0 Å². The summed E-state index contributed by atoms with van der Waals surface area (Å²) in [5.74, 6) is 4.62. The average molecular weight is 329 g/mol. The van der Waals surface area contributed by atoms with Crippen LogP contribution in [0.5, 0.6) is 0 Å². The SMILES string of the molecule is C=C1CCC[C@@]23CC[C@H]4[C@@H](CC[C@H]5C[C@H](O)CC[C@@]54C)[C@@H]2CC[C@H]13. The van der Waals surface area contributed by atoms with Gasteiger partial charge in [0, 0.05) is 0 Å². The van der Waals surface area contributed by atoms with Gasteiger partial charge in [-0.25, -0.2) is 0 Å². The van der Waals surface area contributed by atoms with Crippen molar-refractivity contribution in [2.24, 2.45) is 40.4 Å². The summed E-state index contributed by atoms with van der Waals surface area (Å²) in [6.45, 7) is 7.12. The molecule has 24 heavy (non-hydrogen) atoms. The van der Waals surface area contributed by atoms with Gasteiger partial charge >= 0.3 is 0 Å². The molecule has 0 aliphatic heterocycles. The minimum atomic E-state index is -0.00733. The third kappa shape index (κ3) is 1.97. The first-order valence-corrected chi connectivity index (χ1v) is 10.9. The van der Waals surface area contributed by atoms with Gasteiger partial charge in [-0.1, -0.05) is 19.1 Å². The maximum atomic E-state index is 10.2. The van der Waals surface area contributed by atoms with Crippen molar-refractivity contribution in [2.45, 2.75) is 90.1 Å². The first kappa shape index (κ1) is 15.9. The Hall–Kier alpha value is -0.300. The molecule has 0 unspecified atom stereocenters. The molecule has 134 valence electrons. The molecule has 1 N–H and O–H groups in total. The van der Waals surface area contributed by atoms with Gasteiger partial charge in [-0.2, -0.15) is 0 Å². The molecule has 1 nitrogen and oxygen atoms in total. The molecule has 5 saturated carbocycles. The molecule has 0 aromatic carbocycles. The fourth-order valence-electron chi connectivity index (χ4n) is 8.96. The third-order valence-corrected chi connectivity index (χ3v) is 9.99. The third-order valence-electron chi connectivity index (χ3n) is 9.99. The van der Waals surface area contributed by atoms with E-state index in [1.54, 1.807) is 5.57 Å². The maximum Gasteiger partial charge on any atom is 0.0543 e. The van der Waals surface area contributed by atoms with Crippen molar-refractivity contribution in [2.75, 3.05) is 0 Å². The van der Waals surface area contributed by atoms with Crippen molar-refractivity contribution in [3.8, 4) is 0 Å². The predicted octanol–water partition coefficient (Wildman–Crippen LogP) is 5.73. The minimum Gasteiger partial charge on any atom is -0.393 e. The molecule has 1 spiro atoms. The highest BCUT2D eigenvalue weighted by molar-refractivity contribution is 5.19. The zero-order valence-corrected chi connectivity index (χ0v) is 15.6. The van der Waals surface area contributed by atoms with Gasteiger partial charge in [-0.05, 0) is 117 Å². The molecule has 0 aromatic heterocycles. The summed E-state index contributed by atoms with van der Waals surface area (Å²) in [6.07, 6.45) is 16.4. The van der Waals surface area contributed by atoms with Crippen LogP contribution in [0.25, 0.3) is 0 Å². The van der Waals surface area contributed by atoms with Crippen molar-refractivity contribution >= 4 is 0 Å². The van der Waals surface area contributed by atoms with Gasteiger partial charge in [0.1, 0.15) is 0 Å². The molecular formula is C23H36O. The van der Waals surface area contributed by atoms with Crippen LogP contribution in [0.1, 0.15) is 84.0 Å².